The molecule has 1 saturated heterocycles. The third-order valence-electron chi connectivity index (χ3n) is 10.1. The van der Waals surface area contributed by atoms with Crippen molar-refractivity contribution in [2.45, 2.75) is 82.5 Å². The average molecular weight is 674 g/mol. The van der Waals surface area contributed by atoms with Crippen molar-refractivity contribution in [3.63, 3.8) is 0 Å². The van der Waals surface area contributed by atoms with Crippen molar-refractivity contribution >= 4 is 38.3 Å². The molecule has 4 aromatic rings. The fourth-order valence-electron chi connectivity index (χ4n) is 7.96. The van der Waals surface area contributed by atoms with E-state index in [2.05, 4.69) is 51.1 Å². The van der Waals surface area contributed by atoms with E-state index in [9.17, 15) is 31.6 Å². The van der Waals surface area contributed by atoms with Crippen LogP contribution in [-0.2, 0) is 19.5 Å². The van der Waals surface area contributed by atoms with Gasteiger partial charge in [-0.15, -0.1) is 11.3 Å². The number of nitriles is 1. The zero-order valence-corrected chi connectivity index (χ0v) is 26.5. The Balaban J connectivity index is 0.981. The summed E-state index contributed by atoms with van der Waals surface area (Å²) < 4.78 is 79.8. The second-order valence-corrected chi connectivity index (χ2v) is 14.7. The van der Waals surface area contributed by atoms with E-state index in [0.717, 1.165) is 65.8 Å². The van der Waals surface area contributed by atoms with E-state index in [1.807, 2.05) is 16.7 Å². The van der Waals surface area contributed by atoms with Gasteiger partial charge < -0.3 is 15.2 Å². The number of anilines is 1. The van der Waals surface area contributed by atoms with Crippen molar-refractivity contribution < 1.29 is 26.3 Å². The zero-order valence-electron chi connectivity index (χ0n) is 25.7. The molecule has 1 aromatic carbocycles. The van der Waals surface area contributed by atoms with Gasteiger partial charge in [0, 0.05) is 53.5 Å². The number of nitrogens with one attached hydrogen (secondary N) is 2. The molecule has 0 unspecified atom stereocenters. The molecule has 0 atom stereocenters. The number of likely N-dealkylation sites (tertiary alicyclic amines) is 1. The Bertz CT molecular complexity index is 1890. The molecule has 7 nitrogen and oxygen atoms in total. The predicted octanol–water partition coefficient (Wildman–Crippen LogP) is 7.60. The molecule has 0 radical (unpaired) electrons. The Morgan fingerprint density at radius 2 is 1.81 bits per heavy atom. The van der Waals surface area contributed by atoms with Crippen LogP contribution >= 0.6 is 11.3 Å². The van der Waals surface area contributed by atoms with Gasteiger partial charge in [0.05, 0.1) is 11.8 Å². The molecule has 14 heteroatoms. The number of fused-ring (bicyclic) bond motifs is 2. The molecule has 248 valence electrons. The summed E-state index contributed by atoms with van der Waals surface area (Å²) in [4.78, 5) is 11.6. The minimum Gasteiger partial charge on any atom is -0.376 e. The zero-order chi connectivity index (χ0) is 33.4. The van der Waals surface area contributed by atoms with E-state index < -0.39 is 30.0 Å². The molecular weight excluding hydrogens is 640 g/mol. The van der Waals surface area contributed by atoms with Crippen LogP contribution in [0.3, 0.4) is 0 Å². The van der Waals surface area contributed by atoms with Crippen molar-refractivity contribution in [1.82, 2.24) is 24.8 Å². The number of hydrogen-bond acceptors (Lipinski definition) is 7. The maximum absolute atomic E-state index is 13.0. The van der Waals surface area contributed by atoms with Gasteiger partial charge in [-0.3, -0.25) is 4.90 Å². The maximum atomic E-state index is 13.0. The topological polar surface area (TPSA) is 81.8 Å². The summed E-state index contributed by atoms with van der Waals surface area (Å²) in [5, 5.41) is 17.6. The molecule has 3 aromatic heterocycles. The quantitative estimate of drug-likeness (QED) is 0.178. The third kappa shape index (κ3) is 6.04. The smallest absolute Gasteiger partial charge is 0.376 e. The molecule has 8 rings (SSSR count). The number of halogens is 6. The molecule has 4 heterocycles. The minimum atomic E-state index is -4.46. The minimum absolute atomic E-state index is 0.117. The molecule has 3 aliphatic carbocycles. The normalized spacial score (nSPS) is 23.4. The van der Waals surface area contributed by atoms with Crippen LogP contribution in [0.15, 0.2) is 42.9 Å². The van der Waals surface area contributed by atoms with Crippen LogP contribution in [0.25, 0.3) is 21.1 Å². The lowest BCUT2D eigenvalue weighted by atomic mass is 9.39. The summed E-state index contributed by atoms with van der Waals surface area (Å²) in [6.45, 7) is 8.22. The van der Waals surface area contributed by atoms with Crippen LogP contribution in [0, 0.1) is 23.7 Å². The fourth-order valence-corrected chi connectivity index (χ4v) is 8.98. The van der Waals surface area contributed by atoms with Gasteiger partial charge in [0.1, 0.15) is 34.4 Å². The van der Waals surface area contributed by atoms with E-state index in [4.69, 9.17) is 0 Å². The number of piperidine rings is 1. The summed E-state index contributed by atoms with van der Waals surface area (Å²) in [5.74, 6) is 0.564. The number of nitrogens with zero attached hydrogens (tertiary/aromatic N) is 5. The van der Waals surface area contributed by atoms with Crippen molar-refractivity contribution in [3.05, 3.63) is 64.6 Å². The van der Waals surface area contributed by atoms with Crippen LogP contribution in [0.2, 0.25) is 0 Å². The lowest BCUT2D eigenvalue weighted by Crippen LogP contribution is -2.75. The number of hydrogen-bond donors (Lipinski definition) is 2. The first-order chi connectivity index (χ1) is 22.1. The lowest BCUT2D eigenvalue weighted by Gasteiger charge is -2.71. The first-order valence-electron chi connectivity index (χ1n) is 15.5. The number of rotatable bonds is 9. The maximum Gasteiger partial charge on any atom is 0.430 e. The molecule has 2 N–H and O–H groups in total. The van der Waals surface area contributed by atoms with Crippen LogP contribution in [0.5, 0.6) is 0 Å². The van der Waals surface area contributed by atoms with Gasteiger partial charge in [0.25, 0.3) is 0 Å². The molecule has 4 aliphatic rings. The summed E-state index contributed by atoms with van der Waals surface area (Å²) in [6, 6.07) is 10.1. The molecule has 0 amide bonds. The van der Waals surface area contributed by atoms with E-state index in [1.54, 1.807) is 0 Å². The van der Waals surface area contributed by atoms with Crippen LogP contribution in [0.4, 0.5) is 32.2 Å². The lowest BCUT2D eigenvalue weighted by molar-refractivity contribution is -0.173. The first-order valence-corrected chi connectivity index (χ1v) is 16.3. The second-order valence-electron chi connectivity index (χ2n) is 13.6. The van der Waals surface area contributed by atoms with E-state index in [1.165, 1.54) is 12.4 Å². The summed E-state index contributed by atoms with van der Waals surface area (Å²) in [7, 11) is 0. The summed E-state index contributed by atoms with van der Waals surface area (Å²) in [6.07, 6.45) is -4.79. The first kappa shape index (κ1) is 31.8. The number of thiophene rings is 1. The van der Waals surface area contributed by atoms with E-state index in [0.29, 0.717) is 47.5 Å². The largest absolute Gasteiger partial charge is 0.430 e. The molecule has 3 saturated carbocycles. The van der Waals surface area contributed by atoms with Crippen LogP contribution < -0.4 is 10.6 Å². The molecular formula is C33H33F6N7S. The highest BCUT2D eigenvalue weighted by Gasteiger charge is 2.68. The van der Waals surface area contributed by atoms with Crippen molar-refractivity contribution in [3.8, 4) is 6.07 Å². The molecule has 1 aliphatic heterocycles. The SMILES string of the molecule is C=C(NC12CC(Cn3c(C#N)cc4c(C)c(CN5CCC(Nc6ncnc7sc(CC(F)(F)F)cc67)CC5)ccc43)(C1)C2)C(F)(F)F. The highest BCUT2D eigenvalue weighted by Crippen LogP contribution is 2.68. The number of allylic oxidation sites excluding steroid dienone is 1. The highest BCUT2D eigenvalue weighted by molar-refractivity contribution is 7.18. The Hall–Kier alpha value is -3.83. The standard InChI is InChI=1S/C33H33F6N7S/c1-19-21(13-45-7-5-22(6-8-45)43-28-26-10-24(11-32(34,35)36)47-29(26)42-18-41-28)3-4-27-25(19)9-23(12-40)46(27)17-30-14-31(15-30,16-30)44-20(2)33(37,38)39/h3-4,9-10,18,22,44H,2,5-8,11,13-17H2,1H3,(H,41,42,43). The van der Waals surface area contributed by atoms with Gasteiger partial charge in [-0.2, -0.15) is 31.6 Å². The molecule has 47 heavy (non-hydrogen) atoms. The van der Waals surface area contributed by atoms with Crippen molar-refractivity contribution in [2.75, 3.05) is 18.4 Å². The van der Waals surface area contributed by atoms with Gasteiger partial charge in [-0.05, 0) is 73.8 Å². The Kier molecular flexibility index (Phi) is 7.51. The van der Waals surface area contributed by atoms with Crippen LogP contribution in [-0.4, -0.2) is 56.5 Å². The number of aromatic nitrogens is 3. The molecule has 0 spiro atoms. The number of alkyl halides is 6. The Morgan fingerprint density at radius 1 is 1.09 bits per heavy atom. The fraction of sp³-hybridized carbons (Fsp3) is 0.485. The van der Waals surface area contributed by atoms with Crippen LogP contribution in [0.1, 0.15) is 53.8 Å². The van der Waals surface area contributed by atoms with E-state index >= 15 is 0 Å². The van der Waals surface area contributed by atoms with Crippen molar-refractivity contribution in [1.29, 1.82) is 5.26 Å². The summed E-state index contributed by atoms with van der Waals surface area (Å²) >= 11 is 1.04. The predicted molar refractivity (Wildman–Crippen MR) is 168 cm³/mol. The summed E-state index contributed by atoms with van der Waals surface area (Å²) in [5.41, 5.74) is 2.22. The highest BCUT2D eigenvalue weighted by atomic mass is 32.1. The van der Waals surface area contributed by atoms with Gasteiger partial charge in [-0.25, -0.2) is 9.97 Å². The Labute approximate surface area is 271 Å². The number of aryl methyl sites for hydroxylation is 1. The third-order valence-corrected chi connectivity index (χ3v) is 11.1. The molecule has 4 fully saturated rings. The average Bonchev–Trinajstić information content (AvgIpc) is 3.53. The second kappa shape index (κ2) is 11.1. The van der Waals surface area contributed by atoms with Gasteiger partial charge >= 0.3 is 12.4 Å². The molecule has 2 bridgehead atoms. The van der Waals surface area contributed by atoms with Gasteiger partial charge in [0.15, 0.2) is 0 Å². The van der Waals surface area contributed by atoms with Crippen molar-refractivity contribution in [2.24, 2.45) is 5.41 Å². The Morgan fingerprint density at radius 3 is 2.47 bits per heavy atom. The van der Waals surface area contributed by atoms with E-state index in [-0.39, 0.29) is 16.3 Å². The van der Waals surface area contributed by atoms with Gasteiger partial charge in [0.2, 0.25) is 0 Å². The monoisotopic (exact) mass is 673 g/mol. The number of benzene rings is 1. The van der Waals surface area contributed by atoms with Gasteiger partial charge in [-0.1, -0.05) is 12.6 Å².